The van der Waals surface area contributed by atoms with Crippen molar-refractivity contribution in [2.45, 2.75) is 32.3 Å². The van der Waals surface area contributed by atoms with E-state index in [-0.39, 0.29) is 6.10 Å². The van der Waals surface area contributed by atoms with Crippen molar-refractivity contribution in [3.63, 3.8) is 0 Å². The molecule has 0 aromatic heterocycles. The molecule has 0 amide bonds. The van der Waals surface area contributed by atoms with Crippen LogP contribution in [0.1, 0.15) is 35.6 Å². The molecule has 2 unspecified atom stereocenters. The number of nitrogens with zero attached hydrogens (tertiary/aromatic N) is 1. The van der Waals surface area contributed by atoms with Gasteiger partial charge in [-0.2, -0.15) is 0 Å². The van der Waals surface area contributed by atoms with E-state index in [0.717, 1.165) is 56.2 Å². The van der Waals surface area contributed by atoms with Gasteiger partial charge >= 0.3 is 0 Å². The number of nitrogens with one attached hydrogen (secondary N) is 2. The zero-order valence-corrected chi connectivity index (χ0v) is 17.8. The molecule has 29 heavy (non-hydrogen) atoms. The van der Waals surface area contributed by atoms with Crippen LogP contribution in [0.25, 0.3) is 0 Å². The average Bonchev–Trinajstić information content (AvgIpc) is 2.78. The smallest absolute Gasteiger partial charge is 0.190 e. The van der Waals surface area contributed by atoms with Gasteiger partial charge < -0.3 is 20.1 Å². The molecule has 2 aromatic carbocycles. The Kier molecular flexibility index (Phi) is 7.94. The van der Waals surface area contributed by atoms with Crippen LogP contribution >= 0.6 is 0 Å². The summed E-state index contributed by atoms with van der Waals surface area (Å²) < 4.78 is 11.5. The van der Waals surface area contributed by atoms with E-state index in [1.165, 1.54) is 11.1 Å². The van der Waals surface area contributed by atoms with Crippen LogP contribution < -0.4 is 15.4 Å². The van der Waals surface area contributed by atoms with Crippen molar-refractivity contribution in [2.75, 3.05) is 33.9 Å². The van der Waals surface area contributed by atoms with Gasteiger partial charge in [-0.05, 0) is 48.9 Å². The topological polar surface area (TPSA) is 54.9 Å². The molecule has 156 valence electrons. The number of rotatable bonds is 7. The highest BCUT2D eigenvalue weighted by Crippen LogP contribution is 2.33. The molecule has 3 rings (SSSR count). The summed E-state index contributed by atoms with van der Waals surface area (Å²) in [4.78, 5) is 4.38. The second-order valence-corrected chi connectivity index (χ2v) is 7.54. The van der Waals surface area contributed by atoms with Gasteiger partial charge in [0.25, 0.3) is 0 Å². The fraction of sp³-hybridized carbons (Fsp3) is 0.458. The lowest BCUT2D eigenvalue weighted by molar-refractivity contribution is -0.0265. The largest absolute Gasteiger partial charge is 0.496 e. The van der Waals surface area contributed by atoms with Gasteiger partial charge in [0.1, 0.15) is 5.75 Å². The second kappa shape index (κ2) is 10.9. The molecular formula is C24H33N3O2. The van der Waals surface area contributed by atoms with Crippen LogP contribution in [-0.2, 0) is 11.2 Å². The van der Waals surface area contributed by atoms with Crippen LogP contribution in [0.15, 0.2) is 53.5 Å². The summed E-state index contributed by atoms with van der Waals surface area (Å²) in [5, 5.41) is 6.91. The lowest BCUT2D eigenvalue weighted by atomic mass is 9.89. The first-order chi connectivity index (χ1) is 14.2. The molecule has 0 aliphatic carbocycles. The van der Waals surface area contributed by atoms with Gasteiger partial charge in [0.05, 0.1) is 13.2 Å². The van der Waals surface area contributed by atoms with Crippen molar-refractivity contribution in [1.29, 1.82) is 0 Å². The molecule has 0 bridgehead atoms. The average molecular weight is 396 g/mol. The van der Waals surface area contributed by atoms with Crippen molar-refractivity contribution in [2.24, 2.45) is 10.9 Å². The number of guanidine groups is 1. The summed E-state index contributed by atoms with van der Waals surface area (Å²) in [6.45, 7) is 4.56. The quantitative estimate of drug-likeness (QED) is 0.552. The zero-order valence-electron chi connectivity index (χ0n) is 17.8. The van der Waals surface area contributed by atoms with E-state index < -0.39 is 0 Å². The minimum Gasteiger partial charge on any atom is -0.496 e. The third-order valence-electron chi connectivity index (χ3n) is 5.51. The van der Waals surface area contributed by atoms with E-state index >= 15 is 0 Å². The second-order valence-electron chi connectivity index (χ2n) is 7.54. The fourth-order valence-corrected chi connectivity index (χ4v) is 3.86. The third-order valence-corrected chi connectivity index (χ3v) is 5.51. The minimum absolute atomic E-state index is 0.149. The molecule has 0 saturated carbocycles. The number of methoxy groups -OCH3 is 1. The monoisotopic (exact) mass is 395 g/mol. The molecule has 2 aromatic rings. The van der Waals surface area contributed by atoms with Crippen LogP contribution in [0.3, 0.4) is 0 Å². The van der Waals surface area contributed by atoms with Crippen molar-refractivity contribution in [1.82, 2.24) is 10.6 Å². The Morgan fingerprint density at radius 2 is 2.00 bits per heavy atom. The third kappa shape index (κ3) is 5.97. The normalized spacial score (nSPS) is 19.6. The number of benzene rings is 2. The molecule has 1 saturated heterocycles. The zero-order chi connectivity index (χ0) is 20.5. The lowest BCUT2D eigenvalue weighted by Crippen LogP contribution is -2.42. The maximum Gasteiger partial charge on any atom is 0.190 e. The number of ether oxygens (including phenoxy) is 2. The summed E-state index contributed by atoms with van der Waals surface area (Å²) in [6.07, 6.45) is 3.33. The van der Waals surface area contributed by atoms with Gasteiger partial charge in [0.2, 0.25) is 0 Å². The maximum absolute atomic E-state index is 6.10. The summed E-state index contributed by atoms with van der Waals surface area (Å²) >= 11 is 0. The number of aryl methyl sites for hydroxylation is 1. The minimum atomic E-state index is 0.149. The molecule has 5 nitrogen and oxygen atoms in total. The van der Waals surface area contributed by atoms with Crippen molar-refractivity contribution in [3.8, 4) is 5.75 Å². The Morgan fingerprint density at radius 3 is 2.76 bits per heavy atom. The Balaban J connectivity index is 1.49. The Hall–Kier alpha value is -2.53. The number of hydrogen-bond donors (Lipinski definition) is 2. The van der Waals surface area contributed by atoms with Crippen LogP contribution in [0.2, 0.25) is 0 Å². The first-order valence-corrected chi connectivity index (χ1v) is 10.5. The van der Waals surface area contributed by atoms with E-state index in [0.29, 0.717) is 5.92 Å². The molecule has 0 radical (unpaired) electrons. The van der Waals surface area contributed by atoms with Crippen molar-refractivity contribution < 1.29 is 9.47 Å². The van der Waals surface area contributed by atoms with E-state index in [9.17, 15) is 0 Å². The molecule has 1 fully saturated rings. The Bertz CT molecular complexity index is 792. The highest BCUT2D eigenvalue weighted by molar-refractivity contribution is 5.79. The van der Waals surface area contributed by atoms with Crippen LogP contribution in [0.5, 0.6) is 5.75 Å². The predicted molar refractivity (Wildman–Crippen MR) is 119 cm³/mol. The molecule has 1 aliphatic rings. The summed E-state index contributed by atoms with van der Waals surface area (Å²) in [5.74, 6) is 2.21. The summed E-state index contributed by atoms with van der Waals surface area (Å²) in [5.41, 5.74) is 3.67. The highest BCUT2D eigenvalue weighted by Gasteiger charge is 2.27. The Labute approximate surface area is 174 Å². The predicted octanol–water partition coefficient (Wildman–Crippen LogP) is 3.88. The first kappa shape index (κ1) is 21.2. The summed E-state index contributed by atoms with van der Waals surface area (Å²) in [6, 6.07) is 16.9. The van der Waals surface area contributed by atoms with Crippen LogP contribution in [-0.4, -0.2) is 39.8 Å². The van der Waals surface area contributed by atoms with Crippen LogP contribution in [0, 0.1) is 12.8 Å². The van der Waals surface area contributed by atoms with Crippen molar-refractivity contribution >= 4 is 5.96 Å². The van der Waals surface area contributed by atoms with E-state index in [1.807, 2.05) is 7.05 Å². The van der Waals surface area contributed by atoms with Gasteiger partial charge in [-0.15, -0.1) is 0 Å². The van der Waals surface area contributed by atoms with Gasteiger partial charge in [0.15, 0.2) is 5.96 Å². The highest BCUT2D eigenvalue weighted by atomic mass is 16.5. The molecule has 2 atom stereocenters. The van der Waals surface area contributed by atoms with Gasteiger partial charge in [-0.1, -0.05) is 42.5 Å². The van der Waals surface area contributed by atoms with Crippen molar-refractivity contribution in [3.05, 3.63) is 65.2 Å². The number of hydrogen-bond acceptors (Lipinski definition) is 3. The van der Waals surface area contributed by atoms with E-state index in [2.05, 4.69) is 71.1 Å². The molecular weight excluding hydrogens is 362 g/mol. The van der Waals surface area contributed by atoms with E-state index in [1.54, 1.807) is 7.11 Å². The standard InChI is InChI=1S/C24H33N3O2/c1-18-11-12-19(16-22(18)28-3)13-14-26-24(25-2)27-17-21-10-7-15-29-23(21)20-8-5-4-6-9-20/h4-6,8-9,11-12,16,21,23H,7,10,13-15,17H2,1-3H3,(H2,25,26,27). The van der Waals surface area contributed by atoms with Crippen LogP contribution in [0.4, 0.5) is 0 Å². The Morgan fingerprint density at radius 1 is 1.17 bits per heavy atom. The molecule has 1 heterocycles. The van der Waals surface area contributed by atoms with Gasteiger partial charge in [0, 0.05) is 32.7 Å². The van der Waals surface area contributed by atoms with E-state index in [4.69, 9.17) is 9.47 Å². The molecule has 0 spiro atoms. The summed E-state index contributed by atoms with van der Waals surface area (Å²) in [7, 11) is 3.53. The molecule has 5 heteroatoms. The first-order valence-electron chi connectivity index (χ1n) is 10.5. The maximum atomic E-state index is 6.10. The SMILES string of the molecule is CN=C(NCCc1ccc(C)c(OC)c1)NCC1CCCOC1c1ccccc1. The fourth-order valence-electron chi connectivity index (χ4n) is 3.86. The molecule has 2 N–H and O–H groups in total. The lowest BCUT2D eigenvalue weighted by Gasteiger charge is -2.32. The number of aliphatic imine (C=N–C) groups is 1. The van der Waals surface area contributed by atoms with Gasteiger partial charge in [-0.3, -0.25) is 4.99 Å². The molecule has 1 aliphatic heterocycles. The van der Waals surface area contributed by atoms with Gasteiger partial charge in [-0.25, -0.2) is 0 Å².